The Kier molecular flexibility index (Phi) is 2.92. The van der Waals surface area contributed by atoms with Crippen LogP contribution < -0.4 is 10.6 Å². The maximum atomic E-state index is 11.6. The van der Waals surface area contributed by atoms with Gasteiger partial charge in [-0.2, -0.15) is 0 Å². The number of hydrogen-bond acceptors (Lipinski definition) is 4. The summed E-state index contributed by atoms with van der Waals surface area (Å²) in [6.07, 6.45) is 1.30. The fraction of sp³-hybridized carbons (Fsp3) is 0.500. The molecule has 1 amide bonds. The first-order chi connectivity index (χ1) is 7.96. The summed E-state index contributed by atoms with van der Waals surface area (Å²) in [5, 5.41) is 5.99. The number of hydrogen-bond donors (Lipinski definition) is 2. The average molecular weight is 235 g/mol. The molecule has 5 heteroatoms. The lowest BCUT2D eigenvalue weighted by Crippen LogP contribution is -2.35. The van der Waals surface area contributed by atoms with E-state index in [1.807, 2.05) is 32.9 Å². The van der Waals surface area contributed by atoms with Gasteiger partial charge in [-0.15, -0.1) is 0 Å². The lowest BCUT2D eigenvalue weighted by atomic mass is 10.2. The van der Waals surface area contributed by atoms with Crippen LogP contribution in [0.15, 0.2) is 18.3 Å². The van der Waals surface area contributed by atoms with Crippen LogP contribution >= 0.6 is 0 Å². The van der Waals surface area contributed by atoms with Gasteiger partial charge >= 0.3 is 6.09 Å². The van der Waals surface area contributed by atoms with Crippen molar-refractivity contribution in [2.75, 3.05) is 11.9 Å². The molecule has 2 rings (SSSR count). The molecule has 2 heterocycles. The Labute approximate surface area is 101 Å². The molecule has 1 aromatic rings. The SMILES string of the molecule is CC(C)(C)OC(=O)NC1CNc2cccnc21. The number of carbonyl (C=O) groups excluding carboxylic acids is 1. The molecule has 2 N–H and O–H groups in total. The van der Waals surface area contributed by atoms with Gasteiger partial charge in [0.2, 0.25) is 0 Å². The van der Waals surface area contributed by atoms with Gasteiger partial charge in [-0.3, -0.25) is 4.98 Å². The van der Waals surface area contributed by atoms with Gasteiger partial charge < -0.3 is 15.4 Å². The summed E-state index contributed by atoms with van der Waals surface area (Å²) in [7, 11) is 0. The number of pyridine rings is 1. The van der Waals surface area contributed by atoms with Crippen LogP contribution in [0.3, 0.4) is 0 Å². The molecule has 0 saturated carbocycles. The maximum absolute atomic E-state index is 11.6. The van der Waals surface area contributed by atoms with E-state index in [2.05, 4.69) is 15.6 Å². The van der Waals surface area contributed by atoms with Crippen molar-refractivity contribution >= 4 is 11.8 Å². The monoisotopic (exact) mass is 235 g/mol. The Bertz CT molecular complexity index is 426. The van der Waals surface area contributed by atoms with Crippen LogP contribution in [0.4, 0.5) is 10.5 Å². The summed E-state index contributed by atoms with van der Waals surface area (Å²) in [5.41, 5.74) is 1.34. The topological polar surface area (TPSA) is 63.2 Å². The first kappa shape index (κ1) is 11.7. The summed E-state index contributed by atoms with van der Waals surface area (Å²) < 4.78 is 5.21. The molecular formula is C12H17N3O2. The van der Waals surface area contributed by atoms with Crippen LogP contribution in [0, 0.1) is 0 Å². The number of rotatable bonds is 1. The molecule has 17 heavy (non-hydrogen) atoms. The third-order valence-electron chi connectivity index (χ3n) is 2.36. The lowest BCUT2D eigenvalue weighted by molar-refractivity contribution is 0.0507. The summed E-state index contributed by atoms with van der Waals surface area (Å²) >= 11 is 0. The van der Waals surface area contributed by atoms with Crippen LogP contribution in [0.1, 0.15) is 32.5 Å². The van der Waals surface area contributed by atoms with Gasteiger partial charge in [-0.25, -0.2) is 4.79 Å². The molecule has 1 aliphatic rings. The number of nitrogens with one attached hydrogen (secondary N) is 2. The molecule has 92 valence electrons. The highest BCUT2D eigenvalue weighted by molar-refractivity contribution is 5.70. The Morgan fingerprint density at radius 2 is 2.35 bits per heavy atom. The van der Waals surface area contributed by atoms with E-state index in [0.717, 1.165) is 11.4 Å². The van der Waals surface area contributed by atoms with Crippen LogP contribution in [0.5, 0.6) is 0 Å². The largest absolute Gasteiger partial charge is 0.444 e. The van der Waals surface area contributed by atoms with Crippen molar-refractivity contribution in [3.8, 4) is 0 Å². The number of aromatic nitrogens is 1. The Balaban J connectivity index is 2.00. The number of anilines is 1. The molecule has 0 fully saturated rings. The molecule has 1 atom stereocenters. The smallest absolute Gasteiger partial charge is 0.408 e. The molecule has 5 nitrogen and oxygen atoms in total. The number of ether oxygens (including phenoxy) is 1. The molecule has 0 aliphatic carbocycles. The minimum Gasteiger partial charge on any atom is -0.444 e. The second kappa shape index (κ2) is 4.24. The van der Waals surface area contributed by atoms with E-state index in [-0.39, 0.29) is 6.04 Å². The van der Waals surface area contributed by atoms with Crippen molar-refractivity contribution in [2.24, 2.45) is 0 Å². The number of amides is 1. The van der Waals surface area contributed by atoms with Crippen LogP contribution in [-0.4, -0.2) is 23.2 Å². The highest BCUT2D eigenvalue weighted by Crippen LogP contribution is 2.26. The molecule has 1 aliphatic heterocycles. The van der Waals surface area contributed by atoms with Crippen molar-refractivity contribution in [2.45, 2.75) is 32.4 Å². The molecular weight excluding hydrogens is 218 g/mol. The van der Waals surface area contributed by atoms with Gasteiger partial charge in [0.15, 0.2) is 0 Å². The Morgan fingerprint density at radius 1 is 1.59 bits per heavy atom. The lowest BCUT2D eigenvalue weighted by Gasteiger charge is -2.21. The summed E-state index contributed by atoms with van der Waals surface area (Å²) in [4.78, 5) is 15.9. The van der Waals surface area contributed by atoms with Crippen molar-refractivity contribution in [3.05, 3.63) is 24.0 Å². The second-order valence-electron chi connectivity index (χ2n) is 5.02. The zero-order chi connectivity index (χ0) is 12.5. The molecule has 1 aromatic heterocycles. The molecule has 0 aromatic carbocycles. The van der Waals surface area contributed by atoms with Crippen molar-refractivity contribution < 1.29 is 9.53 Å². The van der Waals surface area contributed by atoms with Gasteiger partial charge in [0.05, 0.1) is 17.4 Å². The number of fused-ring (bicyclic) bond motifs is 1. The van der Waals surface area contributed by atoms with Crippen molar-refractivity contribution in [1.29, 1.82) is 0 Å². The first-order valence-corrected chi connectivity index (χ1v) is 5.64. The van der Waals surface area contributed by atoms with Gasteiger partial charge in [0.1, 0.15) is 5.60 Å². The molecule has 0 bridgehead atoms. The Hall–Kier alpha value is -1.78. The van der Waals surface area contributed by atoms with Crippen molar-refractivity contribution in [3.63, 3.8) is 0 Å². The van der Waals surface area contributed by atoms with E-state index >= 15 is 0 Å². The number of alkyl carbamates (subject to hydrolysis) is 1. The normalized spacial score (nSPS) is 18.2. The minimum atomic E-state index is -0.483. The van der Waals surface area contributed by atoms with E-state index in [4.69, 9.17) is 4.74 Å². The van der Waals surface area contributed by atoms with Crippen LogP contribution in [0.2, 0.25) is 0 Å². The highest BCUT2D eigenvalue weighted by atomic mass is 16.6. The van der Waals surface area contributed by atoms with E-state index in [9.17, 15) is 4.79 Å². The number of carbonyl (C=O) groups is 1. The van der Waals surface area contributed by atoms with E-state index in [1.54, 1.807) is 6.20 Å². The zero-order valence-corrected chi connectivity index (χ0v) is 10.3. The minimum absolute atomic E-state index is 0.124. The van der Waals surface area contributed by atoms with Gasteiger partial charge in [-0.1, -0.05) is 0 Å². The molecule has 0 radical (unpaired) electrons. The average Bonchev–Trinajstić information content (AvgIpc) is 2.59. The van der Waals surface area contributed by atoms with E-state index in [1.165, 1.54) is 0 Å². The van der Waals surface area contributed by atoms with E-state index < -0.39 is 11.7 Å². The first-order valence-electron chi connectivity index (χ1n) is 5.64. The molecule has 1 unspecified atom stereocenters. The van der Waals surface area contributed by atoms with Gasteiger partial charge in [0, 0.05) is 12.7 Å². The summed E-state index contributed by atoms with van der Waals surface area (Å²) in [6, 6.07) is 3.68. The van der Waals surface area contributed by atoms with Crippen LogP contribution in [-0.2, 0) is 4.74 Å². The highest BCUT2D eigenvalue weighted by Gasteiger charge is 2.26. The predicted molar refractivity (Wildman–Crippen MR) is 64.8 cm³/mol. The zero-order valence-electron chi connectivity index (χ0n) is 10.3. The summed E-state index contributed by atoms with van der Waals surface area (Å²) in [5.74, 6) is 0. The fourth-order valence-corrected chi connectivity index (χ4v) is 1.72. The van der Waals surface area contributed by atoms with Gasteiger partial charge in [-0.05, 0) is 32.9 Å². The van der Waals surface area contributed by atoms with Crippen molar-refractivity contribution in [1.82, 2.24) is 10.3 Å². The molecule has 0 saturated heterocycles. The van der Waals surface area contributed by atoms with E-state index in [0.29, 0.717) is 6.54 Å². The number of nitrogens with zero attached hydrogens (tertiary/aromatic N) is 1. The third kappa shape index (κ3) is 2.87. The van der Waals surface area contributed by atoms with Crippen LogP contribution in [0.25, 0.3) is 0 Å². The standard InChI is InChI=1S/C12H17N3O2/c1-12(2,3)17-11(16)15-9-7-14-8-5-4-6-13-10(8)9/h4-6,9,14H,7H2,1-3H3,(H,15,16). The quantitative estimate of drug-likeness (QED) is 0.782. The third-order valence-corrected chi connectivity index (χ3v) is 2.36. The van der Waals surface area contributed by atoms with Gasteiger partial charge in [0.25, 0.3) is 0 Å². The maximum Gasteiger partial charge on any atom is 0.408 e. The Morgan fingerprint density at radius 3 is 3.06 bits per heavy atom. The fourth-order valence-electron chi connectivity index (χ4n) is 1.72. The second-order valence-corrected chi connectivity index (χ2v) is 5.02. The predicted octanol–water partition coefficient (Wildman–Crippen LogP) is 2.07. The molecule has 0 spiro atoms. The summed E-state index contributed by atoms with van der Waals surface area (Å²) in [6.45, 7) is 6.16.